The summed E-state index contributed by atoms with van der Waals surface area (Å²) in [6.07, 6.45) is 0.421. The zero-order valence-electron chi connectivity index (χ0n) is 6.47. The van der Waals surface area contributed by atoms with Crippen molar-refractivity contribution in [2.24, 2.45) is 0 Å². The van der Waals surface area contributed by atoms with Crippen LogP contribution in [0.25, 0.3) is 0 Å². The summed E-state index contributed by atoms with van der Waals surface area (Å²) in [6, 6.07) is 0. The monoisotopic (exact) mass is 146 g/mol. The first-order valence-electron chi connectivity index (χ1n) is 3.37. The molecule has 1 rings (SSSR count). The van der Waals surface area contributed by atoms with E-state index in [1.165, 1.54) is 0 Å². The second-order valence-electron chi connectivity index (χ2n) is 3.05. The second-order valence-corrected chi connectivity index (χ2v) is 5.01. The number of ether oxygens (including phenoxy) is 1. The van der Waals surface area contributed by atoms with Crippen LogP contribution in [0, 0.1) is 0 Å². The van der Waals surface area contributed by atoms with Crippen molar-refractivity contribution in [2.75, 3.05) is 0 Å². The maximum absolute atomic E-state index is 5.62. The Morgan fingerprint density at radius 3 is 2.00 bits per heavy atom. The molecule has 2 heteroatoms. The molecule has 2 unspecified atom stereocenters. The van der Waals surface area contributed by atoms with E-state index in [1.807, 2.05) is 11.8 Å². The number of hydrogen-bond acceptors (Lipinski definition) is 2. The maximum Gasteiger partial charge on any atom is 0.108 e. The molecular weight excluding hydrogens is 132 g/mol. The van der Waals surface area contributed by atoms with Crippen LogP contribution < -0.4 is 0 Å². The highest BCUT2D eigenvalue weighted by Gasteiger charge is 2.35. The van der Waals surface area contributed by atoms with E-state index in [0.717, 1.165) is 0 Å². The highest BCUT2D eigenvalue weighted by Crippen LogP contribution is 2.40. The van der Waals surface area contributed by atoms with E-state index in [-0.39, 0.29) is 4.93 Å². The van der Waals surface area contributed by atoms with Crippen LogP contribution in [0.2, 0.25) is 0 Å². The molecule has 1 saturated heterocycles. The molecule has 0 N–H and O–H groups in total. The molecule has 0 amide bonds. The third-order valence-corrected chi connectivity index (χ3v) is 3.02. The molecule has 9 heavy (non-hydrogen) atoms. The lowest BCUT2D eigenvalue weighted by Crippen LogP contribution is -2.16. The SMILES string of the molecule is CC1OC(C)(C)SC1C. The van der Waals surface area contributed by atoms with Crippen molar-refractivity contribution in [3.05, 3.63) is 0 Å². The molecule has 0 radical (unpaired) electrons. The summed E-state index contributed by atoms with van der Waals surface area (Å²) in [7, 11) is 0. The zero-order chi connectivity index (χ0) is 7.07. The van der Waals surface area contributed by atoms with Gasteiger partial charge in [-0.3, -0.25) is 0 Å². The van der Waals surface area contributed by atoms with Gasteiger partial charge in [-0.25, -0.2) is 0 Å². The summed E-state index contributed by atoms with van der Waals surface area (Å²) < 4.78 is 5.62. The molecule has 1 nitrogen and oxygen atoms in total. The summed E-state index contributed by atoms with van der Waals surface area (Å²) in [4.78, 5) is 0.0544. The second kappa shape index (κ2) is 2.17. The predicted molar refractivity (Wildman–Crippen MR) is 41.7 cm³/mol. The first-order chi connectivity index (χ1) is 4.01. The fourth-order valence-corrected chi connectivity index (χ4v) is 2.46. The van der Waals surface area contributed by atoms with Crippen molar-refractivity contribution in [2.45, 2.75) is 44.0 Å². The van der Waals surface area contributed by atoms with Crippen LogP contribution in [-0.2, 0) is 4.74 Å². The van der Waals surface area contributed by atoms with Gasteiger partial charge < -0.3 is 4.74 Å². The van der Waals surface area contributed by atoms with Gasteiger partial charge in [0.2, 0.25) is 0 Å². The molecule has 0 bridgehead atoms. The highest BCUT2D eigenvalue weighted by atomic mass is 32.2. The van der Waals surface area contributed by atoms with Gasteiger partial charge in [0.25, 0.3) is 0 Å². The van der Waals surface area contributed by atoms with Gasteiger partial charge >= 0.3 is 0 Å². The normalized spacial score (nSPS) is 41.3. The number of rotatable bonds is 0. The summed E-state index contributed by atoms with van der Waals surface area (Å²) in [5.74, 6) is 0. The van der Waals surface area contributed by atoms with Crippen LogP contribution >= 0.6 is 11.8 Å². The Kier molecular flexibility index (Phi) is 1.79. The number of hydrogen-bond donors (Lipinski definition) is 0. The molecule has 1 aliphatic rings. The lowest BCUT2D eigenvalue weighted by atomic mass is 10.3. The van der Waals surface area contributed by atoms with Crippen LogP contribution in [0.15, 0.2) is 0 Å². The van der Waals surface area contributed by atoms with E-state index in [2.05, 4.69) is 27.7 Å². The van der Waals surface area contributed by atoms with Crippen molar-refractivity contribution in [1.29, 1.82) is 0 Å². The van der Waals surface area contributed by atoms with Crippen LogP contribution in [0.3, 0.4) is 0 Å². The van der Waals surface area contributed by atoms with E-state index >= 15 is 0 Å². The molecule has 54 valence electrons. The predicted octanol–water partition coefficient (Wildman–Crippen LogP) is 2.26. The van der Waals surface area contributed by atoms with Crippen LogP contribution in [0.5, 0.6) is 0 Å². The molecule has 1 heterocycles. The van der Waals surface area contributed by atoms with Gasteiger partial charge in [-0.1, -0.05) is 6.92 Å². The average molecular weight is 146 g/mol. The minimum absolute atomic E-state index is 0.0544. The van der Waals surface area contributed by atoms with Crippen LogP contribution in [-0.4, -0.2) is 16.3 Å². The van der Waals surface area contributed by atoms with Gasteiger partial charge in [-0.05, 0) is 20.8 Å². The fraction of sp³-hybridized carbons (Fsp3) is 1.00. The van der Waals surface area contributed by atoms with E-state index in [4.69, 9.17) is 4.74 Å². The van der Waals surface area contributed by atoms with Crippen molar-refractivity contribution in [3.63, 3.8) is 0 Å². The highest BCUT2D eigenvalue weighted by molar-refractivity contribution is 8.01. The molecule has 0 saturated carbocycles. The molecule has 0 aromatic heterocycles. The van der Waals surface area contributed by atoms with Crippen LogP contribution in [0.1, 0.15) is 27.7 Å². The van der Waals surface area contributed by atoms with E-state index in [0.29, 0.717) is 11.4 Å². The molecule has 0 aromatic carbocycles. The van der Waals surface area contributed by atoms with E-state index in [1.54, 1.807) is 0 Å². The maximum atomic E-state index is 5.62. The first-order valence-corrected chi connectivity index (χ1v) is 4.25. The fourth-order valence-electron chi connectivity index (χ4n) is 1.11. The van der Waals surface area contributed by atoms with Gasteiger partial charge in [-0.15, -0.1) is 11.8 Å². The Hall–Kier alpha value is 0.310. The number of thioether (sulfide) groups is 1. The van der Waals surface area contributed by atoms with Crippen molar-refractivity contribution in [3.8, 4) is 0 Å². The van der Waals surface area contributed by atoms with Gasteiger partial charge in [-0.2, -0.15) is 0 Å². The van der Waals surface area contributed by atoms with Crippen molar-refractivity contribution in [1.82, 2.24) is 0 Å². The van der Waals surface area contributed by atoms with Crippen molar-refractivity contribution >= 4 is 11.8 Å². The van der Waals surface area contributed by atoms with Gasteiger partial charge in [0, 0.05) is 5.25 Å². The molecule has 0 spiro atoms. The zero-order valence-corrected chi connectivity index (χ0v) is 7.29. The van der Waals surface area contributed by atoms with Crippen molar-refractivity contribution < 1.29 is 4.74 Å². The molecule has 0 aromatic rings. The summed E-state index contributed by atoms with van der Waals surface area (Å²) in [5, 5.41) is 0.653. The summed E-state index contributed by atoms with van der Waals surface area (Å²) in [5.41, 5.74) is 0. The topological polar surface area (TPSA) is 9.23 Å². The average Bonchev–Trinajstić information content (AvgIpc) is 1.79. The Bertz CT molecular complexity index is 99.5. The van der Waals surface area contributed by atoms with Gasteiger partial charge in [0.05, 0.1) is 6.10 Å². The molecular formula is C7H14OS. The third-order valence-electron chi connectivity index (χ3n) is 1.60. The largest absolute Gasteiger partial charge is 0.361 e. The smallest absolute Gasteiger partial charge is 0.108 e. The minimum atomic E-state index is 0.0544. The Morgan fingerprint density at radius 1 is 1.33 bits per heavy atom. The van der Waals surface area contributed by atoms with Crippen LogP contribution in [0.4, 0.5) is 0 Å². The third kappa shape index (κ3) is 1.62. The lowest BCUT2D eigenvalue weighted by Gasteiger charge is -2.15. The molecule has 1 aliphatic heterocycles. The Labute approximate surface area is 61.2 Å². The van der Waals surface area contributed by atoms with Gasteiger partial charge in [0.15, 0.2) is 0 Å². The van der Waals surface area contributed by atoms with E-state index in [9.17, 15) is 0 Å². The van der Waals surface area contributed by atoms with Gasteiger partial charge in [0.1, 0.15) is 4.93 Å². The molecule has 1 fully saturated rings. The minimum Gasteiger partial charge on any atom is -0.361 e. The Morgan fingerprint density at radius 2 is 1.89 bits per heavy atom. The summed E-state index contributed by atoms with van der Waals surface area (Å²) in [6.45, 7) is 8.59. The standard InChI is InChI=1S/C7H14OS/c1-5-6(2)9-7(3,4)8-5/h5-6H,1-4H3. The molecule has 0 aliphatic carbocycles. The quantitative estimate of drug-likeness (QED) is 0.518. The Balaban J connectivity index is 2.54. The summed E-state index contributed by atoms with van der Waals surface area (Å²) >= 11 is 1.91. The first kappa shape index (κ1) is 7.42. The van der Waals surface area contributed by atoms with E-state index < -0.39 is 0 Å². The molecule has 2 atom stereocenters. The lowest BCUT2D eigenvalue weighted by molar-refractivity contribution is 0.0175.